The van der Waals surface area contributed by atoms with Crippen molar-refractivity contribution in [1.29, 1.82) is 0 Å². The molecule has 0 radical (unpaired) electrons. The van der Waals surface area contributed by atoms with Gasteiger partial charge in [-0.05, 0) is 48.7 Å². The lowest BCUT2D eigenvalue weighted by Crippen LogP contribution is -2.24. The van der Waals surface area contributed by atoms with Crippen LogP contribution in [0.4, 0.5) is 5.69 Å². The van der Waals surface area contributed by atoms with Gasteiger partial charge in [0.1, 0.15) is 5.75 Å². The number of rotatable bonds is 2. The summed E-state index contributed by atoms with van der Waals surface area (Å²) in [6.07, 6.45) is 2.28. The average Bonchev–Trinajstić information content (AvgIpc) is 2.99. The van der Waals surface area contributed by atoms with E-state index < -0.39 is 0 Å². The summed E-state index contributed by atoms with van der Waals surface area (Å²) in [5.74, 6) is 1.48. The topological polar surface area (TPSA) is 24.8 Å². The number of para-hydroxylation sites is 1. The van der Waals surface area contributed by atoms with Crippen molar-refractivity contribution in [2.24, 2.45) is 11.0 Å². The minimum atomic E-state index is 0.547. The molecule has 1 aliphatic carbocycles. The van der Waals surface area contributed by atoms with Crippen LogP contribution in [0.5, 0.6) is 5.75 Å². The fraction of sp³-hybridized carbons (Fsp3) is 0.278. The van der Waals surface area contributed by atoms with Crippen molar-refractivity contribution in [3.05, 3.63) is 59.7 Å². The van der Waals surface area contributed by atoms with E-state index in [1.54, 1.807) is 7.11 Å². The van der Waals surface area contributed by atoms with E-state index in [2.05, 4.69) is 41.4 Å². The Morgan fingerprint density at radius 3 is 2.81 bits per heavy atom. The van der Waals surface area contributed by atoms with E-state index in [1.807, 2.05) is 12.1 Å². The second kappa shape index (κ2) is 4.92. The van der Waals surface area contributed by atoms with Crippen LogP contribution in [-0.2, 0) is 6.42 Å². The average molecular weight is 278 g/mol. The molecule has 0 N–H and O–H groups in total. The fourth-order valence-corrected chi connectivity index (χ4v) is 3.30. The van der Waals surface area contributed by atoms with Crippen molar-refractivity contribution in [1.82, 2.24) is 0 Å². The molecule has 1 heterocycles. The second-order valence-electron chi connectivity index (χ2n) is 5.66. The van der Waals surface area contributed by atoms with Gasteiger partial charge in [-0.1, -0.05) is 18.2 Å². The van der Waals surface area contributed by atoms with Gasteiger partial charge in [-0.15, -0.1) is 0 Å². The lowest BCUT2D eigenvalue weighted by atomic mass is 9.82. The number of hydrazone groups is 1. The summed E-state index contributed by atoms with van der Waals surface area (Å²) in [6, 6.07) is 16.8. The van der Waals surface area contributed by atoms with Gasteiger partial charge in [-0.25, -0.2) is 0 Å². The zero-order valence-corrected chi connectivity index (χ0v) is 12.1. The molecule has 0 bridgehead atoms. The van der Waals surface area contributed by atoms with Crippen molar-refractivity contribution in [3.8, 4) is 5.75 Å². The highest BCUT2D eigenvalue weighted by Gasteiger charge is 2.32. The number of hydrogen-bond donors (Lipinski definition) is 0. The van der Waals surface area contributed by atoms with Crippen LogP contribution in [-0.4, -0.2) is 19.4 Å². The van der Waals surface area contributed by atoms with Crippen molar-refractivity contribution < 1.29 is 4.74 Å². The predicted octanol–water partition coefficient (Wildman–Crippen LogP) is 3.48. The van der Waals surface area contributed by atoms with Gasteiger partial charge in [0.2, 0.25) is 0 Å². The highest BCUT2D eigenvalue weighted by atomic mass is 16.5. The van der Waals surface area contributed by atoms with Gasteiger partial charge in [0.05, 0.1) is 25.1 Å². The van der Waals surface area contributed by atoms with Gasteiger partial charge in [0.15, 0.2) is 0 Å². The molecule has 3 nitrogen and oxygen atoms in total. The number of benzene rings is 2. The largest absolute Gasteiger partial charge is 0.497 e. The van der Waals surface area contributed by atoms with Crippen molar-refractivity contribution >= 4 is 11.4 Å². The Morgan fingerprint density at radius 2 is 2.00 bits per heavy atom. The maximum atomic E-state index is 5.33. The molecule has 2 aromatic carbocycles. The Balaban J connectivity index is 1.72. The molecule has 21 heavy (non-hydrogen) atoms. The molecule has 1 atom stereocenters. The standard InChI is InChI=1S/C18H18N2O/c1-21-16-9-10-17-13(11-16)7-8-14-12-20(19-18(14)17)15-5-3-2-4-6-15/h2-6,9-11,14H,7-8,12H2,1H3. The van der Waals surface area contributed by atoms with Gasteiger partial charge < -0.3 is 4.74 Å². The van der Waals surface area contributed by atoms with Crippen LogP contribution in [0.1, 0.15) is 17.5 Å². The van der Waals surface area contributed by atoms with E-state index in [4.69, 9.17) is 9.84 Å². The van der Waals surface area contributed by atoms with E-state index in [0.717, 1.165) is 18.7 Å². The number of fused-ring (bicyclic) bond motifs is 3. The quantitative estimate of drug-likeness (QED) is 0.840. The van der Waals surface area contributed by atoms with E-state index in [9.17, 15) is 0 Å². The normalized spacial score (nSPS) is 19.8. The molecular weight excluding hydrogens is 260 g/mol. The van der Waals surface area contributed by atoms with Crippen LogP contribution in [0.15, 0.2) is 53.6 Å². The number of nitrogens with zero attached hydrogens (tertiary/aromatic N) is 2. The van der Waals surface area contributed by atoms with E-state index in [-0.39, 0.29) is 0 Å². The highest BCUT2D eigenvalue weighted by Crippen LogP contribution is 2.34. The number of ether oxygens (including phenoxy) is 1. The van der Waals surface area contributed by atoms with Crippen LogP contribution in [0.3, 0.4) is 0 Å². The molecular formula is C18H18N2O. The summed E-state index contributed by atoms with van der Waals surface area (Å²) in [5.41, 5.74) is 5.07. The fourth-order valence-electron chi connectivity index (χ4n) is 3.30. The molecule has 0 fully saturated rings. The summed E-state index contributed by atoms with van der Waals surface area (Å²) in [7, 11) is 1.72. The maximum absolute atomic E-state index is 5.33. The molecule has 3 heteroatoms. The van der Waals surface area contributed by atoms with Gasteiger partial charge >= 0.3 is 0 Å². The Labute approximate surface area is 124 Å². The van der Waals surface area contributed by atoms with E-state index >= 15 is 0 Å². The molecule has 0 amide bonds. The minimum absolute atomic E-state index is 0.547. The molecule has 1 aliphatic heterocycles. The first-order chi connectivity index (χ1) is 10.3. The molecule has 2 aliphatic rings. The molecule has 0 saturated heterocycles. The van der Waals surface area contributed by atoms with Gasteiger partial charge in [0.25, 0.3) is 0 Å². The Morgan fingerprint density at radius 1 is 1.14 bits per heavy atom. The van der Waals surface area contributed by atoms with Crippen LogP contribution in [0, 0.1) is 5.92 Å². The molecule has 4 rings (SSSR count). The number of anilines is 1. The molecule has 2 aromatic rings. The highest BCUT2D eigenvalue weighted by molar-refractivity contribution is 6.06. The third kappa shape index (κ3) is 2.09. The molecule has 1 unspecified atom stereocenters. The predicted molar refractivity (Wildman–Crippen MR) is 85.1 cm³/mol. The van der Waals surface area contributed by atoms with Crippen LogP contribution in [0.2, 0.25) is 0 Å². The van der Waals surface area contributed by atoms with Crippen molar-refractivity contribution in [2.75, 3.05) is 18.7 Å². The lowest BCUT2D eigenvalue weighted by Gasteiger charge is -2.22. The van der Waals surface area contributed by atoms with Crippen LogP contribution >= 0.6 is 0 Å². The van der Waals surface area contributed by atoms with Crippen molar-refractivity contribution in [3.63, 3.8) is 0 Å². The molecule has 0 aromatic heterocycles. The summed E-state index contributed by atoms with van der Waals surface area (Å²) >= 11 is 0. The maximum Gasteiger partial charge on any atom is 0.119 e. The molecule has 0 spiro atoms. The summed E-state index contributed by atoms with van der Waals surface area (Å²) < 4.78 is 5.33. The number of hydrogen-bond acceptors (Lipinski definition) is 3. The Bertz CT molecular complexity index is 694. The first-order valence-corrected chi connectivity index (χ1v) is 7.43. The van der Waals surface area contributed by atoms with Crippen LogP contribution < -0.4 is 9.75 Å². The van der Waals surface area contributed by atoms with E-state index in [1.165, 1.54) is 28.9 Å². The third-order valence-electron chi connectivity index (χ3n) is 4.41. The monoisotopic (exact) mass is 278 g/mol. The van der Waals surface area contributed by atoms with Gasteiger partial charge in [-0.2, -0.15) is 5.10 Å². The lowest BCUT2D eigenvalue weighted by molar-refractivity contribution is 0.414. The SMILES string of the molecule is COc1ccc2c(c1)CCC1CN(c3ccccc3)N=C21. The first kappa shape index (κ1) is 12.5. The second-order valence-corrected chi connectivity index (χ2v) is 5.66. The van der Waals surface area contributed by atoms with Gasteiger partial charge in [0, 0.05) is 11.5 Å². The minimum Gasteiger partial charge on any atom is -0.497 e. The first-order valence-electron chi connectivity index (χ1n) is 7.43. The third-order valence-corrected chi connectivity index (χ3v) is 4.41. The number of methoxy groups -OCH3 is 1. The van der Waals surface area contributed by atoms with Gasteiger partial charge in [-0.3, -0.25) is 5.01 Å². The summed E-state index contributed by atoms with van der Waals surface area (Å²) in [6.45, 7) is 0.991. The summed E-state index contributed by atoms with van der Waals surface area (Å²) in [4.78, 5) is 0. The van der Waals surface area contributed by atoms with E-state index in [0.29, 0.717) is 5.92 Å². The smallest absolute Gasteiger partial charge is 0.119 e. The molecule has 0 saturated carbocycles. The van der Waals surface area contributed by atoms with Crippen LogP contribution in [0.25, 0.3) is 0 Å². The summed E-state index contributed by atoms with van der Waals surface area (Å²) in [5, 5.41) is 7.02. The zero-order chi connectivity index (χ0) is 14.2. The number of aryl methyl sites for hydroxylation is 1. The van der Waals surface area contributed by atoms with Crippen molar-refractivity contribution in [2.45, 2.75) is 12.8 Å². The molecule has 106 valence electrons. The Kier molecular flexibility index (Phi) is 2.92. The Hall–Kier alpha value is -2.29. The zero-order valence-electron chi connectivity index (χ0n) is 12.1.